The second-order valence-electron chi connectivity index (χ2n) is 3.74. The lowest BCUT2D eigenvalue weighted by Crippen LogP contribution is -1.89. The summed E-state index contributed by atoms with van der Waals surface area (Å²) in [5.41, 5.74) is 0.420. The first kappa shape index (κ1) is 11.5. The van der Waals surface area contributed by atoms with Gasteiger partial charge < -0.3 is 4.52 Å². The summed E-state index contributed by atoms with van der Waals surface area (Å²) >= 11 is 0. The van der Waals surface area contributed by atoms with E-state index in [1.54, 1.807) is 24.4 Å². The minimum Gasteiger partial charge on any atom is -0.333 e. The molecule has 0 saturated heterocycles. The van der Waals surface area contributed by atoms with E-state index in [-0.39, 0.29) is 17.3 Å². The van der Waals surface area contributed by atoms with Crippen molar-refractivity contribution in [3.05, 3.63) is 54.2 Å². The number of aromatic nitrogens is 3. The van der Waals surface area contributed by atoms with E-state index in [9.17, 15) is 8.78 Å². The molecular formula is C13H7F2N3O. The summed E-state index contributed by atoms with van der Waals surface area (Å²) in [6.45, 7) is 0. The van der Waals surface area contributed by atoms with E-state index < -0.39 is 11.6 Å². The van der Waals surface area contributed by atoms with Gasteiger partial charge in [-0.3, -0.25) is 4.98 Å². The van der Waals surface area contributed by atoms with Crippen LogP contribution in [0.4, 0.5) is 8.78 Å². The van der Waals surface area contributed by atoms with E-state index in [2.05, 4.69) is 15.1 Å². The van der Waals surface area contributed by atoms with Gasteiger partial charge in [-0.25, -0.2) is 8.78 Å². The van der Waals surface area contributed by atoms with Gasteiger partial charge in [0.05, 0.1) is 5.56 Å². The van der Waals surface area contributed by atoms with Gasteiger partial charge >= 0.3 is 0 Å². The maximum absolute atomic E-state index is 13.6. The molecule has 3 aromatic rings. The monoisotopic (exact) mass is 259 g/mol. The Balaban J connectivity index is 2.05. The third-order valence-electron chi connectivity index (χ3n) is 2.50. The summed E-state index contributed by atoms with van der Waals surface area (Å²) in [4.78, 5) is 8.05. The van der Waals surface area contributed by atoms with Crippen molar-refractivity contribution in [1.82, 2.24) is 15.1 Å². The summed E-state index contributed by atoms with van der Waals surface area (Å²) in [7, 11) is 0. The van der Waals surface area contributed by atoms with E-state index in [0.717, 1.165) is 6.07 Å². The lowest BCUT2D eigenvalue weighted by atomic mass is 10.2. The zero-order chi connectivity index (χ0) is 13.2. The van der Waals surface area contributed by atoms with Crippen LogP contribution in [-0.4, -0.2) is 15.1 Å². The van der Waals surface area contributed by atoms with Crippen molar-refractivity contribution in [1.29, 1.82) is 0 Å². The van der Waals surface area contributed by atoms with Crippen LogP contribution in [0.15, 0.2) is 47.1 Å². The molecular weight excluding hydrogens is 252 g/mol. The molecule has 94 valence electrons. The largest absolute Gasteiger partial charge is 0.333 e. The van der Waals surface area contributed by atoms with Gasteiger partial charge in [-0.15, -0.1) is 0 Å². The fourth-order valence-electron chi connectivity index (χ4n) is 1.60. The Bertz CT molecular complexity index is 713. The van der Waals surface area contributed by atoms with Gasteiger partial charge in [0.1, 0.15) is 5.69 Å². The van der Waals surface area contributed by atoms with Crippen LogP contribution in [0.2, 0.25) is 0 Å². The third kappa shape index (κ3) is 2.08. The van der Waals surface area contributed by atoms with Gasteiger partial charge in [-0.1, -0.05) is 17.3 Å². The Labute approximate surface area is 106 Å². The molecule has 4 nitrogen and oxygen atoms in total. The van der Waals surface area contributed by atoms with Crippen molar-refractivity contribution < 1.29 is 13.3 Å². The third-order valence-corrected chi connectivity index (χ3v) is 2.50. The van der Waals surface area contributed by atoms with Crippen LogP contribution in [0, 0.1) is 11.6 Å². The van der Waals surface area contributed by atoms with Gasteiger partial charge in [0.25, 0.3) is 5.89 Å². The molecule has 1 aromatic carbocycles. The predicted octanol–water partition coefficient (Wildman–Crippen LogP) is 3.08. The molecule has 0 saturated carbocycles. The molecule has 0 bridgehead atoms. The van der Waals surface area contributed by atoms with Crippen LogP contribution >= 0.6 is 0 Å². The predicted molar refractivity (Wildman–Crippen MR) is 62.9 cm³/mol. The fraction of sp³-hybridized carbons (Fsp3) is 0. The van der Waals surface area contributed by atoms with E-state index >= 15 is 0 Å². The van der Waals surface area contributed by atoms with Crippen LogP contribution in [0.3, 0.4) is 0 Å². The molecule has 3 rings (SSSR count). The molecule has 0 radical (unpaired) electrons. The van der Waals surface area contributed by atoms with Gasteiger partial charge in [-0.2, -0.15) is 4.98 Å². The minimum atomic E-state index is -1.02. The molecule has 0 amide bonds. The Morgan fingerprint density at radius 1 is 1.00 bits per heavy atom. The quantitative estimate of drug-likeness (QED) is 0.709. The van der Waals surface area contributed by atoms with E-state index in [1.807, 2.05) is 0 Å². The molecule has 0 fully saturated rings. The minimum absolute atomic E-state index is 0.0744. The number of benzene rings is 1. The van der Waals surface area contributed by atoms with Crippen LogP contribution in [0.5, 0.6) is 0 Å². The Kier molecular flexibility index (Phi) is 2.75. The number of halogens is 2. The first-order valence-electron chi connectivity index (χ1n) is 5.45. The first-order valence-corrected chi connectivity index (χ1v) is 5.45. The van der Waals surface area contributed by atoms with Crippen molar-refractivity contribution in [3.8, 4) is 23.0 Å². The smallest absolute Gasteiger partial charge is 0.261 e. The summed E-state index contributed by atoms with van der Waals surface area (Å²) < 4.78 is 31.6. The highest BCUT2D eigenvalue weighted by molar-refractivity contribution is 5.57. The normalized spacial score (nSPS) is 10.6. The standard InChI is InChI=1S/C13H7F2N3O/c14-9-5-3-4-8(11(9)15)13-17-12(18-19-13)10-6-1-2-7-16-10/h1-7H. The summed E-state index contributed by atoms with van der Waals surface area (Å²) in [5, 5.41) is 3.70. The zero-order valence-corrected chi connectivity index (χ0v) is 9.55. The Morgan fingerprint density at radius 3 is 2.68 bits per heavy atom. The van der Waals surface area contributed by atoms with Crippen molar-refractivity contribution in [2.45, 2.75) is 0 Å². The van der Waals surface area contributed by atoms with Crippen molar-refractivity contribution >= 4 is 0 Å². The fourth-order valence-corrected chi connectivity index (χ4v) is 1.60. The second-order valence-corrected chi connectivity index (χ2v) is 3.74. The molecule has 2 heterocycles. The second kappa shape index (κ2) is 4.56. The highest BCUT2D eigenvalue weighted by Gasteiger charge is 2.16. The SMILES string of the molecule is Fc1cccc(-c2nc(-c3ccccn3)no2)c1F. The molecule has 2 aromatic heterocycles. The lowest BCUT2D eigenvalue weighted by Gasteiger charge is -1.97. The Morgan fingerprint density at radius 2 is 1.89 bits per heavy atom. The van der Waals surface area contributed by atoms with Crippen molar-refractivity contribution in [2.24, 2.45) is 0 Å². The highest BCUT2D eigenvalue weighted by Crippen LogP contribution is 2.24. The van der Waals surface area contributed by atoms with E-state index in [0.29, 0.717) is 5.69 Å². The number of hydrogen-bond acceptors (Lipinski definition) is 4. The molecule has 0 spiro atoms. The van der Waals surface area contributed by atoms with E-state index in [1.165, 1.54) is 12.1 Å². The maximum atomic E-state index is 13.6. The van der Waals surface area contributed by atoms with Crippen LogP contribution in [-0.2, 0) is 0 Å². The van der Waals surface area contributed by atoms with E-state index in [4.69, 9.17) is 4.52 Å². The number of pyridine rings is 1. The number of hydrogen-bond donors (Lipinski definition) is 0. The maximum Gasteiger partial charge on any atom is 0.261 e. The summed E-state index contributed by atoms with van der Waals surface area (Å²) in [5.74, 6) is -1.84. The molecule has 0 aliphatic carbocycles. The van der Waals surface area contributed by atoms with Crippen molar-refractivity contribution in [2.75, 3.05) is 0 Å². The van der Waals surface area contributed by atoms with Gasteiger partial charge in [0.15, 0.2) is 11.6 Å². The van der Waals surface area contributed by atoms with Crippen LogP contribution < -0.4 is 0 Å². The molecule has 6 heteroatoms. The van der Waals surface area contributed by atoms with Crippen molar-refractivity contribution in [3.63, 3.8) is 0 Å². The molecule has 0 N–H and O–H groups in total. The number of rotatable bonds is 2. The van der Waals surface area contributed by atoms with Gasteiger partial charge in [0, 0.05) is 6.20 Å². The van der Waals surface area contributed by atoms with Gasteiger partial charge in [-0.05, 0) is 24.3 Å². The van der Waals surface area contributed by atoms with Crippen LogP contribution in [0.1, 0.15) is 0 Å². The highest BCUT2D eigenvalue weighted by atomic mass is 19.2. The Hall–Kier alpha value is -2.63. The zero-order valence-electron chi connectivity index (χ0n) is 9.55. The molecule has 0 aliphatic heterocycles. The topological polar surface area (TPSA) is 51.8 Å². The average Bonchev–Trinajstić information content (AvgIpc) is 2.92. The number of nitrogens with zero attached hydrogens (tertiary/aromatic N) is 3. The first-order chi connectivity index (χ1) is 9.25. The molecule has 0 atom stereocenters. The summed E-state index contributed by atoms with van der Waals surface area (Å²) in [6.07, 6.45) is 1.58. The lowest BCUT2D eigenvalue weighted by molar-refractivity contribution is 0.426. The molecule has 0 aliphatic rings. The molecule has 0 unspecified atom stereocenters. The van der Waals surface area contributed by atoms with Crippen LogP contribution in [0.25, 0.3) is 23.0 Å². The average molecular weight is 259 g/mol. The summed E-state index contributed by atoms with van der Waals surface area (Å²) in [6, 6.07) is 8.97. The molecule has 19 heavy (non-hydrogen) atoms. The van der Waals surface area contributed by atoms with Gasteiger partial charge in [0.2, 0.25) is 5.82 Å².